The first kappa shape index (κ1) is 21.1. The van der Waals surface area contributed by atoms with Gasteiger partial charge in [0, 0.05) is 29.0 Å². The van der Waals surface area contributed by atoms with Gasteiger partial charge in [-0.15, -0.1) is 0 Å². The van der Waals surface area contributed by atoms with E-state index in [1.54, 1.807) is 6.92 Å². The molecular weight excluding hydrogens is 400 g/mol. The van der Waals surface area contributed by atoms with Crippen molar-refractivity contribution in [3.05, 3.63) is 96.8 Å². The molecule has 4 aromatic rings. The van der Waals surface area contributed by atoms with Crippen LogP contribution < -0.4 is 10.6 Å². The van der Waals surface area contributed by atoms with E-state index in [-0.39, 0.29) is 0 Å². The molecule has 0 aliphatic heterocycles. The lowest BCUT2D eigenvalue weighted by atomic mass is 10.1. The van der Waals surface area contributed by atoms with E-state index in [1.807, 2.05) is 72.8 Å². The number of aromatic nitrogens is 2. The fourth-order valence-corrected chi connectivity index (χ4v) is 3.35. The molecule has 1 atom stereocenters. The standard InChI is InChI=1S/C26H24N4O2/c1-18(26(31)32)30-23-10-6-5-9-22(23)25-15-24(28-17-29-25)20-11-13-21(14-12-20)27-16-19-7-3-2-4-8-19/h2-15,17-18,27,30H,16H2,1H3,(H,31,32). The molecule has 1 heterocycles. The molecule has 0 spiro atoms. The molecule has 0 radical (unpaired) electrons. The maximum Gasteiger partial charge on any atom is 0.325 e. The van der Waals surface area contributed by atoms with Crippen molar-refractivity contribution in [3.8, 4) is 22.5 Å². The van der Waals surface area contributed by atoms with Crippen molar-refractivity contribution >= 4 is 17.3 Å². The van der Waals surface area contributed by atoms with Gasteiger partial charge in [0.1, 0.15) is 12.4 Å². The van der Waals surface area contributed by atoms with Crippen LogP contribution in [0.2, 0.25) is 0 Å². The van der Waals surface area contributed by atoms with Crippen LogP contribution in [0.25, 0.3) is 22.5 Å². The van der Waals surface area contributed by atoms with E-state index in [9.17, 15) is 9.90 Å². The number of carboxylic acid groups (broad SMARTS) is 1. The van der Waals surface area contributed by atoms with Crippen molar-refractivity contribution in [3.63, 3.8) is 0 Å². The highest BCUT2D eigenvalue weighted by atomic mass is 16.4. The number of carbonyl (C=O) groups is 1. The summed E-state index contributed by atoms with van der Waals surface area (Å²) in [6.07, 6.45) is 1.53. The van der Waals surface area contributed by atoms with Gasteiger partial charge in [0.25, 0.3) is 0 Å². The van der Waals surface area contributed by atoms with E-state index in [2.05, 4.69) is 32.7 Å². The number of carboxylic acids is 1. The summed E-state index contributed by atoms with van der Waals surface area (Å²) in [5, 5.41) is 15.7. The molecule has 0 amide bonds. The van der Waals surface area contributed by atoms with E-state index in [4.69, 9.17) is 0 Å². The minimum atomic E-state index is -0.913. The lowest BCUT2D eigenvalue weighted by Crippen LogP contribution is -2.25. The van der Waals surface area contributed by atoms with Gasteiger partial charge >= 0.3 is 5.97 Å². The van der Waals surface area contributed by atoms with Crippen molar-refractivity contribution in [1.82, 2.24) is 9.97 Å². The Hall–Kier alpha value is -4.19. The van der Waals surface area contributed by atoms with Gasteiger partial charge in [0.2, 0.25) is 0 Å². The average molecular weight is 425 g/mol. The smallest absolute Gasteiger partial charge is 0.325 e. The highest BCUT2D eigenvalue weighted by Crippen LogP contribution is 2.29. The summed E-state index contributed by atoms with van der Waals surface area (Å²) in [6.45, 7) is 2.37. The molecule has 1 unspecified atom stereocenters. The van der Waals surface area contributed by atoms with E-state index in [0.717, 1.165) is 34.7 Å². The second kappa shape index (κ2) is 9.75. The third-order valence-corrected chi connectivity index (χ3v) is 5.13. The first-order valence-electron chi connectivity index (χ1n) is 10.4. The normalized spacial score (nSPS) is 11.5. The quantitative estimate of drug-likeness (QED) is 0.355. The number of nitrogens with zero attached hydrogens (tertiary/aromatic N) is 2. The van der Waals surface area contributed by atoms with Crippen LogP contribution in [0, 0.1) is 0 Å². The van der Waals surface area contributed by atoms with Gasteiger partial charge in [-0.2, -0.15) is 0 Å². The Balaban J connectivity index is 1.53. The Labute approximate surface area is 187 Å². The van der Waals surface area contributed by atoms with Gasteiger partial charge in [-0.25, -0.2) is 9.97 Å². The first-order chi connectivity index (χ1) is 15.6. The van der Waals surface area contributed by atoms with Gasteiger partial charge in [0.15, 0.2) is 0 Å². The second-order valence-electron chi connectivity index (χ2n) is 7.45. The zero-order chi connectivity index (χ0) is 22.3. The number of anilines is 2. The Morgan fingerprint density at radius 1 is 0.906 bits per heavy atom. The van der Waals surface area contributed by atoms with Crippen molar-refractivity contribution in [1.29, 1.82) is 0 Å². The van der Waals surface area contributed by atoms with E-state index in [1.165, 1.54) is 11.9 Å². The molecule has 3 N–H and O–H groups in total. The van der Waals surface area contributed by atoms with Crippen molar-refractivity contribution < 1.29 is 9.90 Å². The topological polar surface area (TPSA) is 87.1 Å². The molecule has 1 aromatic heterocycles. The second-order valence-corrected chi connectivity index (χ2v) is 7.45. The summed E-state index contributed by atoms with van der Waals surface area (Å²) in [7, 11) is 0. The van der Waals surface area contributed by atoms with Crippen LogP contribution >= 0.6 is 0 Å². The van der Waals surface area contributed by atoms with Crippen molar-refractivity contribution in [2.75, 3.05) is 10.6 Å². The van der Waals surface area contributed by atoms with Crippen LogP contribution in [0.1, 0.15) is 12.5 Å². The molecule has 3 aromatic carbocycles. The van der Waals surface area contributed by atoms with Gasteiger partial charge < -0.3 is 15.7 Å². The number of nitrogens with one attached hydrogen (secondary N) is 2. The van der Waals surface area contributed by atoms with Crippen LogP contribution in [0.4, 0.5) is 11.4 Å². The number of aliphatic carboxylic acids is 1. The van der Waals surface area contributed by atoms with Crippen LogP contribution in [-0.2, 0) is 11.3 Å². The SMILES string of the molecule is CC(Nc1ccccc1-c1cc(-c2ccc(NCc3ccccc3)cc2)ncn1)C(=O)O. The summed E-state index contributed by atoms with van der Waals surface area (Å²) in [6, 6.07) is 27.1. The molecule has 0 fully saturated rings. The Morgan fingerprint density at radius 2 is 1.59 bits per heavy atom. The molecule has 0 aliphatic rings. The minimum absolute atomic E-state index is 0.714. The maximum absolute atomic E-state index is 11.3. The molecule has 0 saturated heterocycles. The Morgan fingerprint density at radius 3 is 2.34 bits per heavy atom. The lowest BCUT2D eigenvalue weighted by molar-refractivity contribution is -0.137. The van der Waals surface area contributed by atoms with Gasteiger partial charge in [0.05, 0.1) is 11.4 Å². The highest BCUT2D eigenvalue weighted by molar-refractivity contribution is 5.82. The van der Waals surface area contributed by atoms with Crippen LogP contribution in [0.15, 0.2) is 91.3 Å². The fraction of sp³-hybridized carbons (Fsp3) is 0.115. The van der Waals surface area contributed by atoms with E-state index < -0.39 is 12.0 Å². The third-order valence-electron chi connectivity index (χ3n) is 5.13. The molecule has 0 saturated carbocycles. The van der Waals surface area contributed by atoms with Crippen LogP contribution in [-0.4, -0.2) is 27.1 Å². The Kier molecular flexibility index (Phi) is 6.41. The van der Waals surface area contributed by atoms with Crippen LogP contribution in [0.5, 0.6) is 0 Å². The van der Waals surface area contributed by atoms with Gasteiger partial charge in [-0.05, 0) is 36.8 Å². The average Bonchev–Trinajstić information content (AvgIpc) is 2.84. The molecule has 32 heavy (non-hydrogen) atoms. The third kappa shape index (κ3) is 5.10. The summed E-state index contributed by atoms with van der Waals surface area (Å²) in [5.74, 6) is -0.913. The summed E-state index contributed by atoms with van der Waals surface area (Å²) in [4.78, 5) is 20.1. The highest BCUT2D eigenvalue weighted by Gasteiger charge is 2.14. The van der Waals surface area contributed by atoms with Gasteiger partial charge in [-0.3, -0.25) is 4.79 Å². The number of benzene rings is 3. The van der Waals surface area contributed by atoms with Crippen molar-refractivity contribution in [2.45, 2.75) is 19.5 Å². The number of hydrogen-bond donors (Lipinski definition) is 3. The zero-order valence-corrected chi connectivity index (χ0v) is 17.7. The predicted octanol–water partition coefficient (Wildman–Crippen LogP) is 5.31. The number of hydrogen-bond acceptors (Lipinski definition) is 5. The number of para-hydroxylation sites is 1. The van der Waals surface area contributed by atoms with E-state index in [0.29, 0.717) is 5.69 Å². The van der Waals surface area contributed by atoms with Gasteiger partial charge in [-0.1, -0.05) is 60.7 Å². The monoisotopic (exact) mass is 424 g/mol. The minimum Gasteiger partial charge on any atom is -0.480 e. The summed E-state index contributed by atoms with van der Waals surface area (Å²) in [5.41, 5.74) is 6.29. The first-order valence-corrected chi connectivity index (χ1v) is 10.4. The summed E-state index contributed by atoms with van der Waals surface area (Å²) < 4.78 is 0. The van der Waals surface area contributed by atoms with Crippen LogP contribution in [0.3, 0.4) is 0 Å². The maximum atomic E-state index is 11.3. The number of rotatable bonds is 8. The predicted molar refractivity (Wildman–Crippen MR) is 127 cm³/mol. The molecular formula is C26H24N4O2. The van der Waals surface area contributed by atoms with E-state index >= 15 is 0 Å². The molecule has 0 bridgehead atoms. The lowest BCUT2D eigenvalue weighted by Gasteiger charge is -2.15. The molecule has 160 valence electrons. The molecule has 4 rings (SSSR count). The molecule has 6 nitrogen and oxygen atoms in total. The largest absolute Gasteiger partial charge is 0.480 e. The molecule has 0 aliphatic carbocycles. The van der Waals surface area contributed by atoms with Crippen molar-refractivity contribution in [2.24, 2.45) is 0 Å². The fourth-order valence-electron chi connectivity index (χ4n) is 3.35. The zero-order valence-electron chi connectivity index (χ0n) is 17.7. The Bertz CT molecular complexity index is 1190. The molecule has 6 heteroatoms. The summed E-state index contributed by atoms with van der Waals surface area (Å²) >= 11 is 0.